The SMILES string of the molecule is CCOC(=O)CCN(Cc1cccnc1)Cn1nc(Cc2ccc(OC)cc2)oc1=S. The van der Waals surface area contributed by atoms with Crippen LogP contribution in [0.15, 0.2) is 53.2 Å². The van der Waals surface area contributed by atoms with E-state index >= 15 is 0 Å². The summed E-state index contributed by atoms with van der Waals surface area (Å²) in [6, 6.07) is 11.6. The third kappa shape index (κ3) is 7.01. The van der Waals surface area contributed by atoms with E-state index in [0.29, 0.717) is 38.7 Å². The molecule has 3 aromatic rings. The molecule has 0 spiro atoms. The fourth-order valence-corrected chi connectivity index (χ4v) is 3.24. The first kappa shape index (κ1) is 22.6. The Kier molecular flexibility index (Phi) is 8.31. The second-order valence-corrected chi connectivity index (χ2v) is 7.25. The van der Waals surface area contributed by atoms with Gasteiger partial charge in [0.1, 0.15) is 5.75 Å². The molecule has 0 saturated heterocycles. The summed E-state index contributed by atoms with van der Waals surface area (Å²) in [4.78, 5) is 18.3. The van der Waals surface area contributed by atoms with Gasteiger partial charge in [0.05, 0.1) is 33.2 Å². The molecule has 0 N–H and O–H groups in total. The van der Waals surface area contributed by atoms with E-state index in [-0.39, 0.29) is 17.2 Å². The second kappa shape index (κ2) is 11.4. The van der Waals surface area contributed by atoms with E-state index in [4.69, 9.17) is 26.1 Å². The number of pyridine rings is 1. The molecule has 9 heteroatoms. The number of carbonyl (C=O) groups excluding carboxylic acids is 1. The molecule has 0 aliphatic heterocycles. The summed E-state index contributed by atoms with van der Waals surface area (Å²) in [6.45, 7) is 3.64. The second-order valence-electron chi connectivity index (χ2n) is 6.90. The van der Waals surface area contributed by atoms with E-state index in [1.165, 1.54) is 0 Å². The highest BCUT2D eigenvalue weighted by atomic mass is 32.1. The summed E-state index contributed by atoms with van der Waals surface area (Å²) in [5.41, 5.74) is 2.07. The van der Waals surface area contributed by atoms with Gasteiger partial charge in [-0.05, 0) is 48.5 Å². The van der Waals surface area contributed by atoms with Gasteiger partial charge in [0.15, 0.2) is 0 Å². The number of esters is 1. The topological polar surface area (TPSA) is 82.6 Å². The average Bonchev–Trinajstić information content (AvgIpc) is 3.12. The van der Waals surface area contributed by atoms with Crippen molar-refractivity contribution in [1.82, 2.24) is 19.7 Å². The summed E-state index contributed by atoms with van der Waals surface area (Å²) >= 11 is 5.37. The lowest BCUT2D eigenvalue weighted by atomic mass is 10.1. The molecule has 0 aliphatic rings. The van der Waals surface area contributed by atoms with Gasteiger partial charge in [0.25, 0.3) is 4.84 Å². The van der Waals surface area contributed by atoms with Gasteiger partial charge in [0.2, 0.25) is 5.89 Å². The van der Waals surface area contributed by atoms with Crippen molar-refractivity contribution in [3.8, 4) is 5.75 Å². The molecule has 8 nitrogen and oxygen atoms in total. The van der Waals surface area contributed by atoms with Crippen molar-refractivity contribution < 1.29 is 18.7 Å². The minimum atomic E-state index is -0.234. The molecular formula is C22H26N4O4S. The molecule has 2 aromatic heterocycles. The number of carbonyl (C=O) groups is 1. The number of rotatable bonds is 11. The van der Waals surface area contributed by atoms with Crippen molar-refractivity contribution in [3.05, 3.63) is 70.6 Å². The predicted octanol–water partition coefficient (Wildman–Crippen LogP) is 3.61. The van der Waals surface area contributed by atoms with E-state index < -0.39 is 0 Å². The first-order valence-electron chi connectivity index (χ1n) is 10.0. The molecule has 0 fully saturated rings. The van der Waals surface area contributed by atoms with Crippen molar-refractivity contribution in [3.63, 3.8) is 0 Å². The Bertz CT molecular complexity index is 1020. The normalized spacial score (nSPS) is 10.9. The maximum Gasteiger partial charge on any atom is 0.307 e. The van der Waals surface area contributed by atoms with Crippen molar-refractivity contribution >= 4 is 18.2 Å². The van der Waals surface area contributed by atoms with Crippen LogP contribution in [0.25, 0.3) is 0 Å². The number of hydrogen-bond donors (Lipinski definition) is 0. The van der Waals surface area contributed by atoms with E-state index in [9.17, 15) is 4.79 Å². The van der Waals surface area contributed by atoms with Gasteiger partial charge in [-0.1, -0.05) is 18.2 Å². The summed E-state index contributed by atoms with van der Waals surface area (Å²) in [5.74, 6) is 1.09. The van der Waals surface area contributed by atoms with Crippen LogP contribution in [0.2, 0.25) is 0 Å². The first-order valence-corrected chi connectivity index (χ1v) is 10.4. The minimum Gasteiger partial charge on any atom is -0.497 e. The molecule has 0 saturated carbocycles. The fraction of sp³-hybridized carbons (Fsp3) is 0.364. The van der Waals surface area contributed by atoms with Crippen LogP contribution < -0.4 is 4.74 Å². The quantitative estimate of drug-likeness (QED) is 0.329. The van der Waals surface area contributed by atoms with Gasteiger partial charge >= 0.3 is 5.97 Å². The number of nitrogens with zero attached hydrogens (tertiary/aromatic N) is 4. The Morgan fingerprint density at radius 1 is 1.23 bits per heavy atom. The van der Waals surface area contributed by atoms with E-state index in [0.717, 1.165) is 16.9 Å². The largest absolute Gasteiger partial charge is 0.497 e. The smallest absolute Gasteiger partial charge is 0.307 e. The lowest BCUT2D eigenvalue weighted by Crippen LogP contribution is -2.29. The molecule has 0 radical (unpaired) electrons. The Morgan fingerprint density at radius 3 is 2.71 bits per heavy atom. The molecule has 0 aliphatic carbocycles. The summed E-state index contributed by atoms with van der Waals surface area (Å²) in [7, 11) is 1.63. The molecule has 0 unspecified atom stereocenters. The van der Waals surface area contributed by atoms with Gasteiger partial charge in [0, 0.05) is 25.5 Å². The van der Waals surface area contributed by atoms with Crippen molar-refractivity contribution in [2.45, 2.75) is 33.0 Å². The maximum absolute atomic E-state index is 11.8. The minimum absolute atomic E-state index is 0.234. The van der Waals surface area contributed by atoms with Crippen molar-refractivity contribution in [2.24, 2.45) is 0 Å². The molecule has 0 atom stereocenters. The Hall–Kier alpha value is -3.04. The highest BCUT2D eigenvalue weighted by Gasteiger charge is 2.14. The number of ether oxygens (including phenoxy) is 2. The van der Waals surface area contributed by atoms with Crippen LogP contribution in [-0.2, 0) is 29.2 Å². The average molecular weight is 443 g/mol. The van der Waals surface area contributed by atoms with Crippen molar-refractivity contribution in [1.29, 1.82) is 0 Å². The van der Waals surface area contributed by atoms with Crippen molar-refractivity contribution in [2.75, 3.05) is 20.3 Å². The fourth-order valence-electron chi connectivity index (χ4n) is 3.05. The predicted molar refractivity (Wildman–Crippen MR) is 117 cm³/mol. The van der Waals surface area contributed by atoms with Crippen LogP contribution in [0, 0.1) is 4.84 Å². The zero-order valence-electron chi connectivity index (χ0n) is 17.7. The number of methoxy groups -OCH3 is 1. The zero-order valence-corrected chi connectivity index (χ0v) is 18.5. The zero-order chi connectivity index (χ0) is 22.1. The molecule has 164 valence electrons. The standard InChI is InChI=1S/C22H26N4O4S/c1-3-29-21(27)10-12-25(15-18-5-4-11-23-14-18)16-26-22(31)30-20(24-26)13-17-6-8-19(28-2)9-7-17/h4-9,11,14H,3,10,12-13,15-16H2,1-2H3. The van der Waals surface area contributed by atoms with Crippen LogP contribution in [-0.4, -0.2) is 45.9 Å². The molecule has 0 amide bonds. The Morgan fingerprint density at radius 2 is 2.03 bits per heavy atom. The van der Waals surface area contributed by atoms with Gasteiger partial charge in [-0.2, -0.15) is 0 Å². The van der Waals surface area contributed by atoms with Crippen LogP contribution in [0.4, 0.5) is 0 Å². The van der Waals surface area contributed by atoms with Crippen LogP contribution in [0.1, 0.15) is 30.4 Å². The lowest BCUT2D eigenvalue weighted by molar-refractivity contribution is -0.143. The Balaban J connectivity index is 1.70. The molecule has 31 heavy (non-hydrogen) atoms. The van der Waals surface area contributed by atoms with Gasteiger partial charge in [-0.15, -0.1) is 5.10 Å². The molecule has 2 heterocycles. The molecule has 1 aromatic carbocycles. The summed E-state index contributed by atoms with van der Waals surface area (Å²) < 4.78 is 17.6. The number of benzene rings is 1. The van der Waals surface area contributed by atoms with Gasteiger partial charge in [-0.3, -0.25) is 14.7 Å². The Labute approximate surface area is 186 Å². The molecule has 0 bridgehead atoms. The highest BCUT2D eigenvalue weighted by molar-refractivity contribution is 7.71. The lowest BCUT2D eigenvalue weighted by Gasteiger charge is -2.21. The van der Waals surface area contributed by atoms with Crippen LogP contribution in [0.5, 0.6) is 5.75 Å². The van der Waals surface area contributed by atoms with Gasteiger partial charge < -0.3 is 13.9 Å². The van der Waals surface area contributed by atoms with E-state index in [1.807, 2.05) is 36.4 Å². The van der Waals surface area contributed by atoms with E-state index in [1.54, 1.807) is 31.1 Å². The van der Waals surface area contributed by atoms with Crippen LogP contribution in [0.3, 0.4) is 0 Å². The first-order chi connectivity index (χ1) is 15.1. The number of aromatic nitrogens is 3. The number of hydrogen-bond acceptors (Lipinski definition) is 8. The molecular weight excluding hydrogens is 416 g/mol. The summed E-state index contributed by atoms with van der Waals surface area (Å²) in [5, 5.41) is 4.53. The maximum atomic E-state index is 11.8. The molecule has 3 rings (SSSR count). The van der Waals surface area contributed by atoms with Gasteiger partial charge in [-0.25, -0.2) is 4.68 Å². The highest BCUT2D eigenvalue weighted by Crippen LogP contribution is 2.15. The van der Waals surface area contributed by atoms with Crippen LogP contribution >= 0.6 is 12.2 Å². The monoisotopic (exact) mass is 442 g/mol. The third-order valence-electron chi connectivity index (χ3n) is 4.56. The third-order valence-corrected chi connectivity index (χ3v) is 4.86. The van der Waals surface area contributed by atoms with E-state index in [2.05, 4.69) is 15.0 Å². The summed E-state index contributed by atoms with van der Waals surface area (Å²) in [6.07, 6.45) is 4.32.